The SMILES string of the molecule is Cc1ccc(C(=O)NC(C(=O)Nc2ccc(OC(F)F)nc2)C(C)C)cc1. The van der Waals surface area contributed by atoms with Crippen molar-refractivity contribution in [3.8, 4) is 5.88 Å². The lowest BCUT2D eigenvalue weighted by Crippen LogP contribution is -2.47. The third-order valence-corrected chi connectivity index (χ3v) is 3.76. The molecule has 0 spiro atoms. The number of anilines is 1. The lowest BCUT2D eigenvalue weighted by molar-refractivity contribution is -0.118. The summed E-state index contributed by atoms with van der Waals surface area (Å²) in [6.07, 6.45) is 1.20. The van der Waals surface area contributed by atoms with Crippen LogP contribution in [0.3, 0.4) is 0 Å². The molecule has 1 aromatic carbocycles. The molecule has 2 N–H and O–H groups in total. The summed E-state index contributed by atoms with van der Waals surface area (Å²) >= 11 is 0. The van der Waals surface area contributed by atoms with Gasteiger partial charge in [-0.3, -0.25) is 9.59 Å². The Morgan fingerprint density at radius 3 is 2.26 bits per heavy atom. The number of benzene rings is 1. The van der Waals surface area contributed by atoms with Crippen molar-refractivity contribution in [1.29, 1.82) is 0 Å². The molecular formula is C19H21F2N3O3. The van der Waals surface area contributed by atoms with E-state index in [0.29, 0.717) is 11.3 Å². The van der Waals surface area contributed by atoms with Crippen molar-refractivity contribution in [2.75, 3.05) is 5.32 Å². The van der Waals surface area contributed by atoms with Crippen LogP contribution in [0.4, 0.5) is 14.5 Å². The molecule has 1 aromatic heterocycles. The van der Waals surface area contributed by atoms with Crippen LogP contribution in [-0.2, 0) is 4.79 Å². The Morgan fingerprint density at radius 1 is 1.07 bits per heavy atom. The highest BCUT2D eigenvalue weighted by atomic mass is 19.3. The Morgan fingerprint density at radius 2 is 1.74 bits per heavy atom. The average Bonchev–Trinajstić information content (AvgIpc) is 2.61. The van der Waals surface area contributed by atoms with Gasteiger partial charge >= 0.3 is 6.61 Å². The molecule has 2 amide bonds. The largest absolute Gasteiger partial charge is 0.417 e. The molecule has 0 fully saturated rings. The number of aryl methyl sites for hydroxylation is 1. The second-order valence-corrected chi connectivity index (χ2v) is 6.31. The quantitative estimate of drug-likeness (QED) is 0.775. The Balaban J connectivity index is 2.03. The molecule has 0 saturated carbocycles. The van der Waals surface area contributed by atoms with Gasteiger partial charge in [0.15, 0.2) is 0 Å². The number of halogens is 2. The van der Waals surface area contributed by atoms with Crippen LogP contribution in [0.1, 0.15) is 29.8 Å². The van der Waals surface area contributed by atoms with Gasteiger partial charge in [0.1, 0.15) is 6.04 Å². The number of hydrogen-bond acceptors (Lipinski definition) is 4. The van der Waals surface area contributed by atoms with Crippen LogP contribution in [0.2, 0.25) is 0 Å². The van der Waals surface area contributed by atoms with Crippen LogP contribution in [0.25, 0.3) is 0 Å². The van der Waals surface area contributed by atoms with Crippen molar-refractivity contribution in [3.63, 3.8) is 0 Å². The summed E-state index contributed by atoms with van der Waals surface area (Å²) in [6, 6.07) is 8.83. The molecule has 1 heterocycles. The van der Waals surface area contributed by atoms with E-state index in [9.17, 15) is 18.4 Å². The number of pyridine rings is 1. The summed E-state index contributed by atoms with van der Waals surface area (Å²) < 4.78 is 28.4. The summed E-state index contributed by atoms with van der Waals surface area (Å²) in [7, 11) is 0. The first-order valence-corrected chi connectivity index (χ1v) is 8.35. The van der Waals surface area contributed by atoms with Gasteiger partial charge in [0.2, 0.25) is 11.8 Å². The molecule has 0 bridgehead atoms. The van der Waals surface area contributed by atoms with E-state index in [1.165, 1.54) is 18.3 Å². The maximum absolute atomic E-state index is 12.5. The third-order valence-electron chi connectivity index (χ3n) is 3.76. The Hall–Kier alpha value is -3.03. The molecule has 1 atom stereocenters. The predicted octanol–water partition coefficient (Wildman–Crippen LogP) is 3.38. The van der Waals surface area contributed by atoms with Crippen LogP contribution in [0.15, 0.2) is 42.6 Å². The number of nitrogens with one attached hydrogen (secondary N) is 2. The zero-order chi connectivity index (χ0) is 20.0. The molecule has 1 unspecified atom stereocenters. The van der Waals surface area contributed by atoms with E-state index in [1.54, 1.807) is 26.0 Å². The molecule has 6 nitrogen and oxygen atoms in total. The van der Waals surface area contributed by atoms with E-state index in [-0.39, 0.29) is 17.7 Å². The fourth-order valence-corrected chi connectivity index (χ4v) is 2.30. The Labute approximate surface area is 155 Å². The molecule has 0 aliphatic heterocycles. The molecule has 2 aromatic rings. The number of aromatic nitrogens is 1. The van der Waals surface area contributed by atoms with Gasteiger partial charge in [0.05, 0.1) is 11.9 Å². The van der Waals surface area contributed by atoms with Gasteiger partial charge in [-0.15, -0.1) is 0 Å². The van der Waals surface area contributed by atoms with Gasteiger partial charge in [-0.25, -0.2) is 4.98 Å². The number of nitrogens with zero attached hydrogens (tertiary/aromatic N) is 1. The number of hydrogen-bond donors (Lipinski definition) is 2. The molecule has 0 radical (unpaired) electrons. The van der Waals surface area contributed by atoms with Gasteiger partial charge in [0.25, 0.3) is 5.91 Å². The third kappa shape index (κ3) is 6.02. The first-order valence-electron chi connectivity index (χ1n) is 8.35. The van der Waals surface area contributed by atoms with Crippen LogP contribution in [0, 0.1) is 12.8 Å². The normalized spacial score (nSPS) is 12.0. The minimum Gasteiger partial charge on any atom is -0.417 e. The fourth-order valence-electron chi connectivity index (χ4n) is 2.30. The molecular weight excluding hydrogens is 356 g/mol. The summed E-state index contributed by atoms with van der Waals surface area (Å²) in [5.41, 5.74) is 1.78. The van der Waals surface area contributed by atoms with Gasteiger partial charge in [-0.1, -0.05) is 31.5 Å². The molecule has 144 valence electrons. The molecule has 0 aliphatic rings. The molecule has 27 heavy (non-hydrogen) atoms. The van der Waals surface area contributed by atoms with Gasteiger partial charge in [0, 0.05) is 11.6 Å². The van der Waals surface area contributed by atoms with Crippen molar-refractivity contribution >= 4 is 17.5 Å². The van der Waals surface area contributed by atoms with Crippen LogP contribution in [-0.4, -0.2) is 29.5 Å². The highest BCUT2D eigenvalue weighted by molar-refractivity contribution is 6.01. The van der Waals surface area contributed by atoms with Crippen LogP contribution >= 0.6 is 0 Å². The van der Waals surface area contributed by atoms with E-state index in [1.807, 2.05) is 19.1 Å². The van der Waals surface area contributed by atoms with E-state index < -0.39 is 18.6 Å². The number of ether oxygens (including phenoxy) is 1. The summed E-state index contributed by atoms with van der Waals surface area (Å²) in [6.45, 7) is 2.55. The van der Waals surface area contributed by atoms with Crippen LogP contribution in [0.5, 0.6) is 5.88 Å². The van der Waals surface area contributed by atoms with Gasteiger partial charge in [-0.2, -0.15) is 8.78 Å². The molecule has 0 aliphatic carbocycles. The smallest absolute Gasteiger partial charge is 0.388 e. The maximum Gasteiger partial charge on any atom is 0.388 e. The van der Waals surface area contributed by atoms with Crippen molar-refractivity contribution in [3.05, 3.63) is 53.7 Å². The number of carbonyl (C=O) groups is 2. The van der Waals surface area contributed by atoms with Gasteiger partial charge in [-0.05, 0) is 31.0 Å². The standard InChI is InChI=1S/C19H21F2N3O3/c1-11(2)16(24-17(25)13-6-4-12(3)5-7-13)18(26)23-14-8-9-15(22-10-14)27-19(20)21/h4-11,16,19H,1-3H3,(H,23,26)(H,24,25). The van der Waals surface area contributed by atoms with Gasteiger partial charge < -0.3 is 15.4 Å². The first kappa shape index (κ1) is 20.3. The minimum absolute atomic E-state index is 0.172. The number of carbonyl (C=O) groups excluding carboxylic acids is 2. The molecule has 8 heteroatoms. The zero-order valence-corrected chi connectivity index (χ0v) is 15.2. The average molecular weight is 377 g/mol. The zero-order valence-electron chi connectivity index (χ0n) is 15.2. The molecule has 2 rings (SSSR count). The van der Waals surface area contributed by atoms with Crippen molar-refractivity contribution in [2.24, 2.45) is 5.92 Å². The van der Waals surface area contributed by atoms with Crippen molar-refractivity contribution in [2.45, 2.75) is 33.4 Å². The number of amides is 2. The topological polar surface area (TPSA) is 80.3 Å². The second-order valence-electron chi connectivity index (χ2n) is 6.31. The van der Waals surface area contributed by atoms with E-state index in [2.05, 4.69) is 20.4 Å². The Bertz CT molecular complexity index is 778. The van der Waals surface area contributed by atoms with Crippen molar-refractivity contribution in [1.82, 2.24) is 10.3 Å². The predicted molar refractivity (Wildman–Crippen MR) is 96.8 cm³/mol. The maximum atomic E-state index is 12.5. The summed E-state index contributed by atoms with van der Waals surface area (Å²) in [4.78, 5) is 28.6. The number of alkyl halides is 2. The fraction of sp³-hybridized carbons (Fsp3) is 0.316. The Kier molecular flexibility index (Phi) is 6.81. The monoisotopic (exact) mass is 377 g/mol. The summed E-state index contributed by atoms with van der Waals surface area (Å²) in [5, 5.41) is 5.33. The van der Waals surface area contributed by atoms with Crippen molar-refractivity contribution < 1.29 is 23.1 Å². The highest BCUT2D eigenvalue weighted by Crippen LogP contribution is 2.15. The lowest BCUT2D eigenvalue weighted by Gasteiger charge is -2.21. The van der Waals surface area contributed by atoms with E-state index >= 15 is 0 Å². The lowest BCUT2D eigenvalue weighted by atomic mass is 10.0. The highest BCUT2D eigenvalue weighted by Gasteiger charge is 2.25. The summed E-state index contributed by atoms with van der Waals surface area (Å²) in [5.74, 6) is -1.22. The second kappa shape index (κ2) is 9.07. The molecule has 0 saturated heterocycles. The van der Waals surface area contributed by atoms with E-state index in [4.69, 9.17) is 0 Å². The van der Waals surface area contributed by atoms with Crippen LogP contribution < -0.4 is 15.4 Å². The van der Waals surface area contributed by atoms with E-state index in [0.717, 1.165) is 5.56 Å². The minimum atomic E-state index is -2.97. The first-order chi connectivity index (χ1) is 12.8. The number of rotatable bonds is 7.